The average Bonchev–Trinajstić information content (AvgIpc) is 2.56. The molecule has 0 saturated heterocycles. The second-order valence-corrected chi connectivity index (χ2v) is 6.18. The molecule has 1 amide bonds. The van der Waals surface area contributed by atoms with Crippen molar-refractivity contribution in [2.45, 2.75) is 18.8 Å². The van der Waals surface area contributed by atoms with E-state index in [1.807, 2.05) is 10.6 Å². The molecule has 0 spiro atoms. The third-order valence-corrected chi connectivity index (χ3v) is 3.36. The van der Waals surface area contributed by atoms with Gasteiger partial charge in [0.2, 0.25) is 5.91 Å². The average molecular weight is 364 g/mol. The monoisotopic (exact) mass is 363 g/mol. The molecule has 0 heterocycles. The van der Waals surface area contributed by atoms with Crippen molar-refractivity contribution < 1.29 is 29.9 Å². The van der Waals surface area contributed by atoms with E-state index in [4.69, 9.17) is 34.0 Å². The van der Waals surface area contributed by atoms with Gasteiger partial charge >= 0.3 is 5.97 Å². The second kappa shape index (κ2) is 11.9. The summed E-state index contributed by atoms with van der Waals surface area (Å²) in [5, 5.41) is 12.4. The number of thioether (sulfide) groups is 1. The molecule has 0 aromatic carbocycles. The van der Waals surface area contributed by atoms with Crippen LogP contribution in [0.5, 0.6) is 0 Å². The van der Waals surface area contributed by atoms with Crippen molar-refractivity contribution in [3.05, 3.63) is 0 Å². The number of amides is 1. The lowest BCUT2D eigenvalue weighted by Gasteiger charge is -2.12. The lowest BCUT2D eigenvalue weighted by Crippen LogP contribution is -2.44. The Hall–Kier alpha value is -0.710. The fraction of sp³-hybridized carbons (Fsp3) is 0.727. The molecule has 2 unspecified atom stereocenters. The number of rotatable bonds is 10. The van der Waals surface area contributed by atoms with Crippen LogP contribution in [0, 0.1) is 0 Å². The third kappa shape index (κ3) is 12.7. The van der Waals surface area contributed by atoms with Crippen molar-refractivity contribution in [1.29, 1.82) is 0 Å². The predicted octanol–water partition coefficient (Wildman–Crippen LogP) is -0.719. The topological polar surface area (TPSA) is 122 Å². The maximum absolute atomic E-state index is 11.6. The zero-order valence-corrected chi connectivity index (χ0v) is 13.4. The Morgan fingerprint density at radius 1 is 1.48 bits per heavy atom. The van der Waals surface area contributed by atoms with E-state index in [0.717, 1.165) is 6.26 Å². The highest BCUT2D eigenvalue weighted by Gasteiger charge is 2.14. The summed E-state index contributed by atoms with van der Waals surface area (Å²) in [5.41, 5.74) is 2.32. The van der Waals surface area contributed by atoms with E-state index < -0.39 is 64.5 Å². The molecule has 7 nitrogen and oxygen atoms in total. The van der Waals surface area contributed by atoms with Gasteiger partial charge in [0.15, 0.2) is 0 Å². The Bertz CT molecular complexity index is 680. The zero-order valence-electron chi connectivity index (χ0n) is 19.0. The standard InChI is InChI=1S/C11H21N3O4S3/c1-21(18)5-3-2-4-13-11(19)20-7-8(12)10(17)14-6-9(15)16/h8H,2-7,12H2,1H3,(H,13,19)(H,14,17)(H,15,16)/i2D2,3D2,4D2,5D2. The number of carboxylic acid groups (broad SMARTS) is 1. The second-order valence-electron chi connectivity index (χ2n) is 3.37. The van der Waals surface area contributed by atoms with Crippen molar-refractivity contribution in [2.24, 2.45) is 5.73 Å². The van der Waals surface area contributed by atoms with Gasteiger partial charge in [-0.05, 0) is 12.7 Å². The smallest absolute Gasteiger partial charge is 0.322 e. The highest BCUT2D eigenvalue weighted by Crippen LogP contribution is 2.04. The number of thiocarbonyl (C=S) groups is 1. The van der Waals surface area contributed by atoms with Crippen molar-refractivity contribution in [3.63, 3.8) is 0 Å². The minimum absolute atomic E-state index is 0.233. The molecule has 2 atom stereocenters. The van der Waals surface area contributed by atoms with Gasteiger partial charge in [-0.25, -0.2) is 0 Å². The Kier molecular flexibility index (Phi) is 5.74. The third-order valence-electron chi connectivity index (χ3n) is 1.63. The minimum atomic E-state index is -3.53. The number of aliphatic carboxylic acids is 1. The predicted molar refractivity (Wildman–Crippen MR) is 89.8 cm³/mol. The van der Waals surface area contributed by atoms with Crippen molar-refractivity contribution in [3.8, 4) is 0 Å². The number of carbonyl (C=O) groups excluding carboxylic acids is 1. The van der Waals surface area contributed by atoms with Crippen LogP contribution < -0.4 is 16.4 Å². The molecule has 10 heteroatoms. The molecule has 0 aromatic rings. The first-order valence-corrected chi connectivity index (χ1v) is 8.30. The summed E-state index contributed by atoms with van der Waals surface area (Å²) in [6.45, 7) is -3.89. The molecule has 21 heavy (non-hydrogen) atoms. The maximum Gasteiger partial charge on any atom is 0.322 e. The van der Waals surface area contributed by atoms with Crippen molar-refractivity contribution in [2.75, 3.05) is 30.8 Å². The Morgan fingerprint density at radius 3 is 2.71 bits per heavy atom. The minimum Gasteiger partial charge on any atom is -0.480 e. The van der Waals surface area contributed by atoms with E-state index in [1.165, 1.54) is 0 Å². The first-order valence-electron chi connectivity index (χ1n) is 9.35. The number of hydrogen-bond acceptors (Lipinski definition) is 6. The van der Waals surface area contributed by atoms with Gasteiger partial charge in [0.25, 0.3) is 0 Å². The van der Waals surface area contributed by atoms with Gasteiger partial charge in [-0.15, -0.1) is 0 Å². The molecule has 122 valence electrons. The normalized spacial score (nSPS) is 21.6. The van der Waals surface area contributed by atoms with Crippen LogP contribution in [0.25, 0.3) is 0 Å². The fourth-order valence-electron chi connectivity index (χ4n) is 0.782. The van der Waals surface area contributed by atoms with Crippen LogP contribution in [-0.4, -0.2) is 62.3 Å². The van der Waals surface area contributed by atoms with E-state index in [0.29, 0.717) is 11.8 Å². The summed E-state index contributed by atoms with van der Waals surface area (Å²) in [6, 6.07) is -1.22. The van der Waals surface area contributed by atoms with Crippen LogP contribution in [-0.2, 0) is 20.4 Å². The van der Waals surface area contributed by atoms with Gasteiger partial charge in [0.05, 0.1) is 6.04 Å². The molecule has 0 aliphatic heterocycles. The van der Waals surface area contributed by atoms with E-state index in [2.05, 4.69) is 0 Å². The Balaban J connectivity index is 5.16. The first-order chi connectivity index (χ1) is 12.8. The van der Waals surface area contributed by atoms with Gasteiger partial charge in [-0.3, -0.25) is 13.8 Å². The summed E-state index contributed by atoms with van der Waals surface area (Å²) >= 11 is 5.46. The Labute approximate surface area is 147 Å². The quantitative estimate of drug-likeness (QED) is 0.375. The summed E-state index contributed by atoms with van der Waals surface area (Å²) in [6.07, 6.45) is -6.22. The molecular formula is C11H21N3O4S3. The number of hydrogen-bond donors (Lipinski definition) is 4. The van der Waals surface area contributed by atoms with Crippen LogP contribution >= 0.6 is 24.0 Å². The first kappa shape index (κ1) is 10.1. The molecule has 0 fully saturated rings. The van der Waals surface area contributed by atoms with Crippen LogP contribution in [0.1, 0.15) is 23.7 Å². The van der Waals surface area contributed by atoms with Crippen molar-refractivity contribution in [1.82, 2.24) is 10.6 Å². The van der Waals surface area contributed by atoms with Crippen LogP contribution in [0.15, 0.2) is 0 Å². The number of carbonyl (C=O) groups is 2. The van der Waals surface area contributed by atoms with Gasteiger partial charge in [0.1, 0.15) is 10.9 Å². The molecule has 5 N–H and O–H groups in total. The van der Waals surface area contributed by atoms with Crippen LogP contribution in [0.2, 0.25) is 0 Å². The van der Waals surface area contributed by atoms with Crippen LogP contribution in [0.4, 0.5) is 0 Å². The zero-order chi connectivity index (χ0) is 23.4. The molecule has 0 aliphatic carbocycles. The molecule has 0 radical (unpaired) electrons. The SMILES string of the molecule is [2H]C([2H])(NC(=S)SCC(N)C(=O)NCC(=O)O)C([2H])([2H])C([2H])([2H])C([2H])([2H])S(C)=O. The lowest BCUT2D eigenvalue weighted by atomic mass is 10.3. The van der Waals surface area contributed by atoms with Gasteiger partial charge in [-0.2, -0.15) is 0 Å². The molecule has 0 bridgehead atoms. The van der Waals surface area contributed by atoms with Crippen molar-refractivity contribution >= 4 is 51.0 Å². The molecule has 0 saturated carbocycles. The number of nitrogens with two attached hydrogens (primary N) is 1. The molecule has 0 rings (SSSR count). The van der Waals surface area contributed by atoms with Gasteiger partial charge in [-0.1, -0.05) is 24.0 Å². The fourth-order valence-corrected chi connectivity index (χ4v) is 1.84. The largest absolute Gasteiger partial charge is 0.480 e. The molecule has 0 aliphatic rings. The lowest BCUT2D eigenvalue weighted by molar-refractivity contribution is -0.138. The molecule has 0 aromatic heterocycles. The summed E-state index contributed by atoms with van der Waals surface area (Å²) in [4.78, 5) is 22.0. The van der Waals surface area contributed by atoms with E-state index in [-0.39, 0.29) is 5.75 Å². The summed E-state index contributed by atoms with van der Waals surface area (Å²) < 4.78 is 73.0. The Morgan fingerprint density at radius 2 is 2.14 bits per heavy atom. The number of nitrogens with one attached hydrogen (secondary N) is 2. The van der Waals surface area contributed by atoms with Gasteiger partial charge < -0.3 is 21.5 Å². The summed E-state index contributed by atoms with van der Waals surface area (Å²) in [5.74, 6) is -2.33. The highest BCUT2D eigenvalue weighted by molar-refractivity contribution is 8.23. The van der Waals surface area contributed by atoms with E-state index in [9.17, 15) is 13.8 Å². The number of carboxylic acids is 1. The van der Waals surface area contributed by atoms with Crippen LogP contribution in [0.3, 0.4) is 0 Å². The highest BCUT2D eigenvalue weighted by atomic mass is 32.2. The van der Waals surface area contributed by atoms with E-state index in [1.54, 1.807) is 0 Å². The van der Waals surface area contributed by atoms with E-state index >= 15 is 0 Å². The molecular weight excluding hydrogens is 334 g/mol. The summed E-state index contributed by atoms with van der Waals surface area (Å²) in [7, 11) is -2.48. The van der Waals surface area contributed by atoms with Gasteiger partial charge in [0, 0.05) is 46.0 Å². The maximum atomic E-state index is 11.6.